The van der Waals surface area contributed by atoms with Crippen LogP contribution in [0.5, 0.6) is 5.75 Å². The number of nitrogens with one attached hydrogen (secondary N) is 1. The lowest BCUT2D eigenvalue weighted by Crippen LogP contribution is -2.10. The Balaban J connectivity index is 1.85. The Morgan fingerprint density at radius 1 is 0.938 bits per heavy atom. The number of halogens is 1. The molecule has 0 unspecified atom stereocenters. The highest BCUT2D eigenvalue weighted by Gasteiger charge is 2.17. The van der Waals surface area contributed by atoms with Gasteiger partial charge in [0, 0.05) is 22.2 Å². The minimum Gasteiger partial charge on any atom is -0.497 e. The van der Waals surface area contributed by atoms with Crippen molar-refractivity contribution in [1.29, 1.82) is 5.26 Å². The van der Waals surface area contributed by atoms with Crippen molar-refractivity contribution in [3.05, 3.63) is 101 Å². The molecular formula is C27H22ClN3O. The van der Waals surface area contributed by atoms with Gasteiger partial charge in [0.25, 0.3) is 0 Å². The van der Waals surface area contributed by atoms with Gasteiger partial charge >= 0.3 is 0 Å². The third kappa shape index (κ3) is 4.59. The number of hydrogen-bond acceptors (Lipinski definition) is 4. The van der Waals surface area contributed by atoms with E-state index < -0.39 is 0 Å². The van der Waals surface area contributed by atoms with Crippen LogP contribution < -0.4 is 10.1 Å². The highest BCUT2D eigenvalue weighted by Crippen LogP contribution is 2.34. The summed E-state index contributed by atoms with van der Waals surface area (Å²) in [4.78, 5) is 4.84. The number of methoxy groups -OCH3 is 1. The van der Waals surface area contributed by atoms with Crippen molar-refractivity contribution < 1.29 is 4.74 Å². The molecule has 0 aliphatic carbocycles. The van der Waals surface area contributed by atoms with E-state index in [-0.39, 0.29) is 6.04 Å². The molecule has 3 aromatic carbocycles. The summed E-state index contributed by atoms with van der Waals surface area (Å²) < 4.78 is 5.28. The predicted octanol–water partition coefficient (Wildman–Crippen LogP) is 7.12. The van der Waals surface area contributed by atoms with Crippen LogP contribution >= 0.6 is 11.6 Å². The lowest BCUT2D eigenvalue weighted by atomic mass is 9.98. The van der Waals surface area contributed by atoms with Crippen LogP contribution in [0.15, 0.2) is 84.9 Å². The number of aromatic nitrogens is 1. The number of pyridine rings is 1. The summed E-state index contributed by atoms with van der Waals surface area (Å²) >= 11 is 6.09. The molecule has 4 aromatic rings. The quantitative estimate of drug-likeness (QED) is 0.347. The van der Waals surface area contributed by atoms with Crippen LogP contribution in [0.25, 0.3) is 22.4 Å². The van der Waals surface area contributed by atoms with Crippen LogP contribution in [0.2, 0.25) is 5.02 Å². The van der Waals surface area contributed by atoms with Crippen molar-refractivity contribution >= 4 is 17.4 Å². The van der Waals surface area contributed by atoms with Crippen LogP contribution in [0, 0.1) is 11.3 Å². The Labute approximate surface area is 193 Å². The fourth-order valence-corrected chi connectivity index (χ4v) is 3.69. The van der Waals surface area contributed by atoms with E-state index in [1.807, 2.05) is 72.8 Å². The molecule has 0 saturated carbocycles. The summed E-state index contributed by atoms with van der Waals surface area (Å²) in [6.45, 7) is 2.06. The molecule has 1 atom stereocenters. The summed E-state index contributed by atoms with van der Waals surface area (Å²) in [5, 5.41) is 14.1. The molecule has 4 rings (SSSR count). The van der Waals surface area contributed by atoms with Crippen molar-refractivity contribution in [3.63, 3.8) is 0 Å². The maximum Gasteiger partial charge on any atom is 0.145 e. The zero-order valence-corrected chi connectivity index (χ0v) is 18.6. The molecule has 0 aliphatic rings. The van der Waals surface area contributed by atoms with Gasteiger partial charge in [-0.2, -0.15) is 5.26 Å². The second-order valence-electron chi connectivity index (χ2n) is 7.40. The van der Waals surface area contributed by atoms with E-state index in [0.29, 0.717) is 16.4 Å². The Morgan fingerprint density at radius 2 is 1.59 bits per heavy atom. The van der Waals surface area contributed by atoms with Crippen molar-refractivity contribution in [1.82, 2.24) is 4.98 Å². The molecule has 0 bridgehead atoms. The van der Waals surface area contributed by atoms with Crippen molar-refractivity contribution in [2.24, 2.45) is 0 Å². The lowest BCUT2D eigenvalue weighted by molar-refractivity contribution is 0.415. The third-order valence-corrected chi connectivity index (χ3v) is 5.58. The minimum atomic E-state index is -0.0278. The normalized spacial score (nSPS) is 11.4. The maximum absolute atomic E-state index is 10.1. The molecule has 1 aromatic heterocycles. The van der Waals surface area contributed by atoms with E-state index >= 15 is 0 Å². The Bertz CT molecular complexity index is 1250. The minimum absolute atomic E-state index is 0.0278. The number of nitriles is 1. The molecule has 5 heteroatoms. The van der Waals surface area contributed by atoms with Crippen LogP contribution in [0.4, 0.5) is 5.82 Å². The molecule has 0 spiro atoms. The molecule has 0 radical (unpaired) electrons. The standard InChI is InChI=1S/C27H22ClN3O/c1-18(19-6-4-3-5-7-19)30-27-25(17-29)24(20-8-12-22(28)13-9-20)16-26(31-27)21-10-14-23(32-2)15-11-21/h3-16,18H,1-2H3,(H,30,31)/t18-/m0/s1. The topological polar surface area (TPSA) is 57.9 Å². The molecule has 0 saturated heterocycles. The van der Waals surface area contributed by atoms with Gasteiger partial charge in [-0.25, -0.2) is 4.98 Å². The van der Waals surface area contributed by atoms with Gasteiger partial charge in [-0.1, -0.05) is 54.1 Å². The number of hydrogen-bond donors (Lipinski definition) is 1. The summed E-state index contributed by atoms with van der Waals surface area (Å²) in [5.41, 5.74) is 5.00. The van der Waals surface area contributed by atoms with E-state index in [0.717, 1.165) is 33.7 Å². The second kappa shape index (κ2) is 9.55. The number of ether oxygens (including phenoxy) is 1. The van der Waals surface area contributed by atoms with Gasteiger partial charge in [0.2, 0.25) is 0 Å². The molecule has 1 heterocycles. The monoisotopic (exact) mass is 439 g/mol. The first-order valence-electron chi connectivity index (χ1n) is 10.3. The summed E-state index contributed by atoms with van der Waals surface area (Å²) in [5.74, 6) is 1.32. The number of nitrogens with zero attached hydrogens (tertiary/aromatic N) is 2. The fourth-order valence-electron chi connectivity index (χ4n) is 3.56. The molecule has 0 fully saturated rings. The van der Waals surface area contributed by atoms with Gasteiger partial charge < -0.3 is 10.1 Å². The van der Waals surface area contributed by atoms with Crippen molar-refractivity contribution in [2.75, 3.05) is 12.4 Å². The molecule has 0 amide bonds. The lowest BCUT2D eigenvalue weighted by Gasteiger charge is -2.19. The fraction of sp³-hybridized carbons (Fsp3) is 0.111. The first kappa shape index (κ1) is 21.4. The molecule has 32 heavy (non-hydrogen) atoms. The van der Waals surface area contributed by atoms with Crippen LogP contribution in [0.3, 0.4) is 0 Å². The Morgan fingerprint density at radius 3 is 2.22 bits per heavy atom. The second-order valence-corrected chi connectivity index (χ2v) is 7.84. The summed E-state index contributed by atoms with van der Waals surface area (Å²) in [6.07, 6.45) is 0. The smallest absolute Gasteiger partial charge is 0.145 e. The average Bonchev–Trinajstić information content (AvgIpc) is 2.84. The summed E-state index contributed by atoms with van der Waals surface area (Å²) in [7, 11) is 1.64. The number of benzene rings is 3. The number of anilines is 1. The van der Waals surface area contributed by atoms with E-state index in [1.54, 1.807) is 7.11 Å². The van der Waals surface area contributed by atoms with Crippen LogP contribution in [0.1, 0.15) is 24.1 Å². The molecule has 1 N–H and O–H groups in total. The van der Waals surface area contributed by atoms with Gasteiger partial charge in [-0.3, -0.25) is 0 Å². The van der Waals surface area contributed by atoms with Crippen molar-refractivity contribution in [3.8, 4) is 34.2 Å². The summed E-state index contributed by atoms with van der Waals surface area (Å²) in [6, 6.07) is 29.6. The third-order valence-electron chi connectivity index (χ3n) is 5.33. The largest absolute Gasteiger partial charge is 0.497 e. The van der Waals surface area contributed by atoms with Gasteiger partial charge in [0.1, 0.15) is 23.2 Å². The Hall–Kier alpha value is -3.81. The van der Waals surface area contributed by atoms with Gasteiger partial charge in [0.05, 0.1) is 12.8 Å². The zero-order chi connectivity index (χ0) is 22.5. The molecular weight excluding hydrogens is 418 g/mol. The molecule has 0 aliphatic heterocycles. The van der Waals surface area contributed by atoms with E-state index in [2.05, 4.69) is 30.4 Å². The SMILES string of the molecule is COc1ccc(-c2cc(-c3ccc(Cl)cc3)c(C#N)c(N[C@@H](C)c3ccccc3)n2)cc1. The van der Waals surface area contributed by atoms with E-state index in [1.165, 1.54) is 0 Å². The van der Waals surface area contributed by atoms with E-state index in [9.17, 15) is 5.26 Å². The van der Waals surface area contributed by atoms with Gasteiger partial charge in [-0.05, 0) is 60.5 Å². The maximum atomic E-state index is 10.1. The van der Waals surface area contributed by atoms with Gasteiger partial charge in [0.15, 0.2) is 0 Å². The highest BCUT2D eigenvalue weighted by atomic mass is 35.5. The highest BCUT2D eigenvalue weighted by molar-refractivity contribution is 6.30. The Kier molecular flexibility index (Phi) is 6.39. The molecule has 4 nitrogen and oxygen atoms in total. The predicted molar refractivity (Wildman–Crippen MR) is 130 cm³/mol. The zero-order valence-electron chi connectivity index (χ0n) is 17.8. The average molecular weight is 440 g/mol. The van der Waals surface area contributed by atoms with Crippen LogP contribution in [-0.2, 0) is 0 Å². The number of rotatable bonds is 6. The van der Waals surface area contributed by atoms with Crippen LogP contribution in [-0.4, -0.2) is 12.1 Å². The van der Waals surface area contributed by atoms with Gasteiger partial charge in [-0.15, -0.1) is 0 Å². The first-order valence-corrected chi connectivity index (χ1v) is 10.6. The van der Waals surface area contributed by atoms with Crippen molar-refractivity contribution in [2.45, 2.75) is 13.0 Å². The molecule has 158 valence electrons. The van der Waals surface area contributed by atoms with E-state index in [4.69, 9.17) is 21.3 Å². The first-order chi connectivity index (χ1) is 15.6.